The number of halogens is 3. The van der Waals surface area contributed by atoms with Gasteiger partial charge in [-0.3, -0.25) is 0 Å². The van der Waals surface area contributed by atoms with Crippen molar-refractivity contribution in [2.45, 2.75) is 13.0 Å². The lowest BCUT2D eigenvalue weighted by molar-refractivity contribution is 0.116. The van der Waals surface area contributed by atoms with Crippen LogP contribution < -0.4 is 4.90 Å². The number of piperazine rings is 1. The maximum atomic E-state index is 14.6. The molecule has 1 aliphatic heterocycles. The summed E-state index contributed by atoms with van der Waals surface area (Å²) in [6.07, 6.45) is -1.11. The highest BCUT2D eigenvalue weighted by Crippen LogP contribution is 2.27. The third kappa shape index (κ3) is 4.65. The Bertz CT molecular complexity index is 1260. The van der Waals surface area contributed by atoms with Crippen molar-refractivity contribution in [3.63, 3.8) is 0 Å². The van der Waals surface area contributed by atoms with Crippen LogP contribution in [-0.4, -0.2) is 63.3 Å². The van der Waals surface area contributed by atoms with E-state index in [-0.39, 0.29) is 11.7 Å². The van der Waals surface area contributed by atoms with Gasteiger partial charge in [0.15, 0.2) is 0 Å². The quantitative estimate of drug-likeness (QED) is 0.424. The van der Waals surface area contributed by atoms with Crippen molar-refractivity contribution >= 4 is 5.69 Å². The Hall–Kier alpha value is -3.73. The zero-order chi connectivity index (χ0) is 23.7. The summed E-state index contributed by atoms with van der Waals surface area (Å²) in [5.41, 5.74) is 3.25. The molecule has 0 amide bonds. The number of anilines is 1. The Balaban J connectivity index is 1.30. The lowest BCUT2D eigenvalue weighted by atomic mass is 10.1. The van der Waals surface area contributed by atoms with Gasteiger partial charge in [-0.15, -0.1) is 15.3 Å². The average Bonchev–Trinajstić information content (AvgIpc) is 3.51. The van der Waals surface area contributed by atoms with Gasteiger partial charge in [0.2, 0.25) is 5.89 Å². The van der Waals surface area contributed by atoms with Gasteiger partial charge in [-0.1, -0.05) is 17.3 Å². The molecule has 2 aromatic carbocycles. The van der Waals surface area contributed by atoms with E-state index in [1.807, 2.05) is 6.07 Å². The molecule has 8 nitrogen and oxygen atoms in total. The number of likely N-dealkylation sites (N-methyl/N-ethyl adjacent to an activating group) is 1. The first-order chi connectivity index (χ1) is 16.5. The Kier molecular flexibility index (Phi) is 6.01. The van der Waals surface area contributed by atoms with Crippen molar-refractivity contribution in [1.29, 1.82) is 0 Å². The van der Waals surface area contributed by atoms with Crippen LogP contribution in [0.4, 0.5) is 18.9 Å². The van der Waals surface area contributed by atoms with Crippen LogP contribution in [0.1, 0.15) is 17.9 Å². The minimum atomic E-state index is -2.81. The first-order valence-corrected chi connectivity index (χ1v) is 10.8. The van der Waals surface area contributed by atoms with Crippen molar-refractivity contribution in [3.05, 3.63) is 65.9 Å². The zero-order valence-electron chi connectivity index (χ0n) is 18.4. The Labute approximate surface area is 193 Å². The molecule has 34 heavy (non-hydrogen) atoms. The van der Waals surface area contributed by atoms with E-state index in [1.165, 1.54) is 6.07 Å². The second-order valence-corrected chi connectivity index (χ2v) is 8.20. The molecule has 1 fully saturated rings. The van der Waals surface area contributed by atoms with E-state index in [2.05, 4.69) is 37.4 Å². The van der Waals surface area contributed by atoms with Crippen LogP contribution in [0.3, 0.4) is 0 Å². The Morgan fingerprint density at radius 2 is 1.74 bits per heavy atom. The molecule has 0 bridgehead atoms. The van der Waals surface area contributed by atoms with Gasteiger partial charge in [0.25, 0.3) is 5.89 Å². The summed E-state index contributed by atoms with van der Waals surface area (Å²) < 4.78 is 46.5. The van der Waals surface area contributed by atoms with E-state index in [4.69, 9.17) is 4.42 Å². The fourth-order valence-corrected chi connectivity index (χ4v) is 3.85. The third-order valence-electron chi connectivity index (χ3n) is 5.81. The van der Waals surface area contributed by atoms with Gasteiger partial charge < -0.3 is 14.2 Å². The van der Waals surface area contributed by atoms with Crippen LogP contribution in [0.2, 0.25) is 0 Å². The minimum absolute atomic E-state index is 0.0283. The van der Waals surface area contributed by atoms with Gasteiger partial charge in [0, 0.05) is 43.0 Å². The average molecular weight is 469 g/mol. The maximum absolute atomic E-state index is 14.6. The Morgan fingerprint density at radius 3 is 2.44 bits per heavy atom. The van der Waals surface area contributed by atoms with E-state index in [0.717, 1.165) is 37.4 Å². The molecule has 1 aliphatic rings. The third-order valence-corrected chi connectivity index (χ3v) is 5.81. The Morgan fingerprint density at radius 1 is 0.971 bits per heavy atom. The van der Waals surface area contributed by atoms with Gasteiger partial charge in [0.1, 0.15) is 11.5 Å². The second-order valence-electron chi connectivity index (χ2n) is 8.20. The van der Waals surface area contributed by atoms with E-state index < -0.39 is 12.3 Å². The summed E-state index contributed by atoms with van der Waals surface area (Å²) in [6.45, 7) is 4.09. The molecule has 2 aromatic heterocycles. The van der Waals surface area contributed by atoms with Gasteiger partial charge >= 0.3 is 6.43 Å². The first-order valence-electron chi connectivity index (χ1n) is 10.8. The number of alkyl halides is 2. The molecule has 0 N–H and O–H groups in total. The van der Waals surface area contributed by atoms with Crippen molar-refractivity contribution in [2.75, 3.05) is 38.1 Å². The van der Waals surface area contributed by atoms with Crippen LogP contribution in [0, 0.1) is 5.82 Å². The first kappa shape index (κ1) is 22.1. The predicted octanol–water partition coefficient (Wildman–Crippen LogP) is 3.87. The van der Waals surface area contributed by atoms with Gasteiger partial charge in [0.05, 0.1) is 12.7 Å². The van der Waals surface area contributed by atoms with E-state index in [1.54, 1.807) is 41.2 Å². The SMILES string of the molecule is CN1CCN(c2ccc(F)c(-c3cn(Cc4ccc(-c5nnc(C(F)F)o5)cc4)nn3)c2)CC1. The molecule has 0 radical (unpaired) electrons. The predicted molar refractivity (Wildman–Crippen MR) is 119 cm³/mol. The molecular weight excluding hydrogens is 447 g/mol. The highest BCUT2D eigenvalue weighted by atomic mass is 19.3. The second kappa shape index (κ2) is 9.26. The maximum Gasteiger partial charge on any atom is 0.314 e. The van der Waals surface area contributed by atoms with Crippen LogP contribution in [-0.2, 0) is 6.54 Å². The minimum Gasteiger partial charge on any atom is -0.415 e. The van der Waals surface area contributed by atoms with E-state index >= 15 is 0 Å². The normalized spacial score (nSPS) is 14.8. The largest absolute Gasteiger partial charge is 0.415 e. The lowest BCUT2D eigenvalue weighted by Gasteiger charge is -2.34. The van der Waals surface area contributed by atoms with Crippen molar-refractivity contribution in [3.8, 4) is 22.7 Å². The van der Waals surface area contributed by atoms with Gasteiger partial charge in [-0.2, -0.15) is 8.78 Å². The monoisotopic (exact) mass is 469 g/mol. The molecule has 5 rings (SSSR count). The molecule has 0 unspecified atom stereocenters. The number of aromatic nitrogens is 5. The van der Waals surface area contributed by atoms with Crippen LogP contribution in [0.15, 0.2) is 53.1 Å². The smallest absolute Gasteiger partial charge is 0.314 e. The van der Waals surface area contributed by atoms with Crippen LogP contribution >= 0.6 is 0 Å². The topological polar surface area (TPSA) is 76.1 Å². The van der Waals surface area contributed by atoms with Crippen molar-refractivity contribution in [2.24, 2.45) is 0 Å². The summed E-state index contributed by atoms with van der Waals surface area (Å²) in [6, 6.07) is 12.1. The standard InChI is InChI=1S/C23H22F3N7O/c1-31-8-10-32(11-9-31)17-6-7-19(24)18(12-17)20-14-33(30-27-20)13-15-2-4-16(5-3-15)22-28-29-23(34-22)21(25)26/h2-7,12,14,21H,8-11,13H2,1H3. The number of rotatable bonds is 6. The molecular formula is C23H22F3N7O. The molecule has 4 aromatic rings. The molecule has 0 atom stereocenters. The van der Waals surface area contributed by atoms with Crippen LogP contribution in [0.25, 0.3) is 22.7 Å². The summed E-state index contributed by atoms with van der Waals surface area (Å²) in [5, 5.41) is 15.3. The number of benzene rings is 2. The number of hydrogen-bond donors (Lipinski definition) is 0. The molecule has 0 aliphatic carbocycles. The molecule has 3 heterocycles. The fraction of sp³-hybridized carbons (Fsp3) is 0.304. The van der Waals surface area contributed by atoms with Gasteiger partial charge in [-0.25, -0.2) is 9.07 Å². The number of nitrogens with zero attached hydrogens (tertiary/aromatic N) is 7. The van der Waals surface area contributed by atoms with E-state index in [0.29, 0.717) is 23.4 Å². The van der Waals surface area contributed by atoms with Crippen LogP contribution in [0.5, 0.6) is 0 Å². The summed E-state index contributed by atoms with van der Waals surface area (Å²) in [5.74, 6) is -1.03. The summed E-state index contributed by atoms with van der Waals surface area (Å²) in [4.78, 5) is 4.50. The molecule has 0 spiro atoms. The van der Waals surface area contributed by atoms with Crippen molar-refractivity contribution in [1.82, 2.24) is 30.1 Å². The highest BCUT2D eigenvalue weighted by Gasteiger charge is 2.18. The summed E-state index contributed by atoms with van der Waals surface area (Å²) >= 11 is 0. The number of hydrogen-bond acceptors (Lipinski definition) is 7. The highest BCUT2D eigenvalue weighted by molar-refractivity contribution is 5.66. The molecule has 1 saturated heterocycles. The lowest BCUT2D eigenvalue weighted by Crippen LogP contribution is -2.44. The molecule has 0 saturated carbocycles. The summed E-state index contributed by atoms with van der Waals surface area (Å²) in [7, 11) is 2.09. The molecule has 11 heteroatoms. The van der Waals surface area contributed by atoms with Crippen molar-refractivity contribution < 1.29 is 17.6 Å². The molecule has 176 valence electrons. The van der Waals surface area contributed by atoms with E-state index in [9.17, 15) is 13.2 Å². The van der Waals surface area contributed by atoms with Gasteiger partial charge in [-0.05, 0) is 42.9 Å². The fourth-order valence-electron chi connectivity index (χ4n) is 3.85. The zero-order valence-corrected chi connectivity index (χ0v) is 18.4.